The summed E-state index contributed by atoms with van der Waals surface area (Å²) in [6.07, 6.45) is -1.32. The van der Waals surface area contributed by atoms with Crippen molar-refractivity contribution in [2.45, 2.75) is 12.6 Å². The Morgan fingerprint density at radius 3 is 2.08 bits per heavy atom. The standard InChI is InChI=1S/C22H15F3/c23-22(24,25)19-11-9-16(10-12-19)20-8-4-7-17-13-18(14-21(17)20)15-5-2-1-3-6-15/h1-12,14H,13H2. The molecule has 3 aromatic carbocycles. The van der Waals surface area contributed by atoms with E-state index in [0.717, 1.165) is 35.2 Å². The average Bonchev–Trinajstić information content (AvgIpc) is 3.06. The molecule has 3 aromatic rings. The second kappa shape index (κ2) is 5.92. The molecule has 0 heterocycles. The van der Waals surface area contributed by atoms with Crippen LogP contribution in [-0.4, -0.2) is 0 Å². The molecule has 4 rings (SSSR count). The molecule has 0 nitrogen and oxygen atoms in total. The summed E-state index contributed by atoms with van der Waals surface area (Å²) < 4.78 is 38.3. The molecule has 0 spiro atoms. The van der Waals surface area contributed by atoms with Gasteiger partial charge in [-0.25, -0.2) is 0 Å². The van der Waals surface area contributed by atoms with Crippen molar-refractivity contribution in [1.82, 2.24) is 0 Å². The molecule has 0 aromatic heterocycles. The highest BCUT2D eigenvalue weighted by Gasteiger charge is 2.30. The second-order valence-corrected chi connectivity index (χ2v) is 6.17. The van der Waals surface area contributed by atoms with Crippen LogP contribution in [0.2, 0.25) is 0 Å². The zero-order valence-electron chi connectivity index (χ0n) is 13.3. The van der Waals surface area contributed by atoms with Gasteiger partial charge in [-0.05, 0) is 58.0 Å². The molecule has 0 N–H and O–H groups in total. The monoisotopic (exact) mass is 336 g/mol. The van der Waals surface area contributed by atoms with Gasteiger partial charge in [0.25, 0.3) is 0 Å². The zero-order valence-corrected chi connectivity index (χ0v) is 13.3. The average molecular weight is 336 g/mol. The molecular weight excluding hydrogens is 321 g/mol. The fourth-order valence-corrected chi connectivity index (χ4v) is 3.30. The maximum absolute atomic E-state index is 12.8. The number of rotatable bonds is 2. The largest absolute Gasteiger partial charge is 0.416 e. The fourth-order valence-electron chi connectivity index (χ4n) is 3.30. The first kappa shape index (κ1) is 15.7. The van der Waals surface area contributed by atoms with E-state index in [-0.39, 0.29) is 0 Å². The summed E-state index contributed by atoms with van der Waals surface area (Å²) in [6.45, 7) is 0. The highest BCUT2D eigenvalue weighted by atomic mass is 19.4. The summed E-state index contributed by atoms with van der Waals surface area (Å²) in [5.41, 5.74) is 5.86. The normalized spacial score (nSPS) is 13.5. The van der Waals surface area contributed by atoms with E-state index in [1.165, 1.54) is 16.7 Å². The van der Waals surface area contributed by atoms with Crippen LogP contribution in [0.1, 0.15) is 22.3 Å². The van der Waals surface area contributed by atoms with E-state index < -0.39 is 11.7 Å². The molecule has 0 amide bonds. The molecule has 3 heteroatoms. The van der Waals surface area contributed by atoms with Crippen LogP contribution in [0.15, 0.2) is 72.8 Å². The van der Waals surface area contributed by atoms with Gasteiger partial charge in [-0.2, -0.15) is 13.2 Å². The van der Waals surface area contributed by atoms with Crippen molar-refractivity contribution in [3.8, 4) is 11.1 Å². The van der Waals surface area contributed by atoms with Crippen LogP contribution in [0.25, 0.3) is 22.8 Å². The third-order valence-corrected chi connectivity index (χ3v) is 4.56. The van der Waals surface area contributed by atoms with Crippen molar-refractivity contribution in [2.24, 2.45) is 0 Å². The number of hydrogen-bond acceptors (Lipinski definition) is 0. The van der Waals surface area contributed by atoms with Gasteiger partial charge in [-0.3, -0.25) is 0 Å². The number of halogens is 3. The van der Waals surface area contributed by atoms with E-state index in [9.17, 15) is 13.2 Å². The Bertz CT molecular complexity index is 933. The minimum absolute atomic E-state index is 0.621. The highest BCUT2D eigenvalue weighted by Crippen LogP contribution is 2.38. The van der Waals surface area contributed by atoms with E-state index in [1.807, 2.05) is 30.3 Å². The van der Waals surface area contributed by atoms with Crippen LogP contribution in [0.5, 0.6) is 0 Å². The summed E-state index contributed by atoms with van der Waals surface area (Å²) in [5.74, 6) is 0. The van der Waals surface area contributed by atoms with Gasteiger partial charge in [-0.15, -0.1) is 0 Å². The summed E-state index contributed by atoms with van der Waals surface area (Å²) in [5, 5.41) is 0. The van der Waals surface area contributed by atoms with Crippen LogP contribution >= 0.6 is 0 Å². The summed E-state index contributed by atoms with van der Waals surface area (Å²) in [4.78, 5) is 0. The summed E-state index contributed by atoms with van der Waals surface area (Å²) >= 11 is 0. The third-order valence-electron chi connectivity index (χ3n) is 4.56. The molecule has 1 aliphatic carbocycles. The highest BCUT2D eigenvalue weighted by molar-refractivity contribution is 5.93. The Morgan fingerprint density at radius 2 is 1.40 bits per heavy atom. The van der Waals surface area contributed by atoms with Crippen molar-refractivity contribution in [3.63, 3.8) is 0 Å². The molecule has 0 saturated carbocycles. The lowest BCUT2D eigenvalue weighted by molar-refractivity contribution is -0.137. The molecule has 0 atom stereocenters. The number of benzene rings is 3. The third kappa shape index (κ3) is 2.98. The van der Waals surface area contributed by atoms with Crippen molar-refractivity contribution < 1.29 is 13.2 Å². The predicted molar refractivity (Wildman–Crippen MR) is 94.9 cm³/mol. The molecule has 0 fully saturated rings. The Kier molecular flexibility index (Phi) is 3.72. The summed E-state index contributed by atoms with van der Waals surface area (Å²) in [6, 6.07) is 21.6. The van der Waals surface area contributed by atoms with Gasteiger partial charge >= 0.3 is 6.18 Å². The minimum atomic E-state index is -4.31. The van der Waals surface area contributed by atoms with Crippen LogP contribution < -0.4 is 0 Å². The lowest BCUT2D eigenvalue weighted by Crippen LogP contribution is -2.04. The first-order valence-corrected chi connectivity index (χ1v) is 8.08. The number of fused-ring (bicyclic) bond motifs is 1. The Hall–Kier alpha value is -2.81. The zero-order chi connectivity index (χ0) is 17.4. The first-order chi connectivity index (χ1) is 12.0. The topological polar surface area (TPSA) is 0 Å². The molecule has 0 bridgehead atoms. The fraction of sp³-hybridized carbons (Fsp3) is 0.0909. The quantitative estimate of drug-likeness (QED) is 0.503. The molecule has 0 radical (unpaired) electrons. The van der Waals surface area contributed by atoms with Gasteiger partial charge in [0.15, 0.2) is 0 Å². The Balaban J connectivity index is 1.75. The Labute approximate surface area is 144 Å². The molecule has 0 saturated heterocycles. The first-order valence-electron chi connectivity index (χ1n) is 8.08. The smallest absolute Gasteiger partial charge is 0.166 e. The van der Waals surface area contributed by atoms with Crippen LogP contribution in [-0.2, 0) is 12.6 Å². The van der Waals surface area contributed by atoms with Crippen molar-refractivity contribution >= 4 is 11.6 Å². The predicted octanol–water partition coefficient (Wildman–Crippen LogP) is 6.47. The lowest BCUT2D eigenvalue weighted by atomic mass is 9.96. The Morgan fingerprint density at radius 1 is 0.680 bits per heavy atom. The van der Waals surface area contributed by atoms with E-state index in [1.54, 1.807) is 12.1 Å². The van der Waals surface area contributed by atoms with Gasteiger partial charge in [0.2, 0.25) is 0 Å². The van der Waals surface area contributed by atoms with E-state index in [2.05, 4.69) is 24.3 Å². The van der Waals surface area contributed by atoms with E-state index >= 15 is 0 Å². The van der Waals surface area contributed by atoms with Crippen molar-refractivity contribution in [1.29, 1.82) is 0 Å². The molecule has 0 aliphatic heterocycles. The van der Waals surface area contributed by atoms with Gasteiger partial charge in [0.05, 0.1) is 5.56 Å². The maximum atomic E-state index is 12.8. The van der Waals surface area contributed by atoms with E-state index in [4.69, 9.17) is 0 Å². The van der Waals surface area contributed by atoms with Crippen LogP contribution in [0.4, 0.5) is 13.2 Å². The number of hydrogen-bond donors (Lipinski definition) is 0. The maximum Gasteiger partial charge on any atom is 0.416 e. The second-order valence-electron chi connectivity index (χ2n) is 6.17. The van der Waals surface area contributed by atoms with Crippen LogP contribution in [0.3, 0.4) is 0 Å². The molecular formula is C22H15F3. The van der Waals surface area contributed by atoms with Crippen LogP contribution in [0, 0.1) is 0 Å². The molecule has 0 unspecified atom stereocenters. The van der Waals surface area contributed by atoms with Gasteiger partial charge in [-0.1, -0.05) is 60.7 Å². The number of alkyl halides is 3. The summed E-state index contributed by atoms with van der Waals surface area (Å²) in [7, 11) is 0. The van der Waals surface area contributed by atoms with Crippen molar-refractivity contribution in [2.75, 3.05) is 0 Å². The molecule has 25 heavy (non-hydrogen) atoms. The molecule has 124 valence electrons. The van der Waals surface area contributed by atoms with Crippen molar-refractivity contribution in [3.05, 3.63) is 95.1 Å². The lowest BCUT2D eigenvalue weighted by Gasteiger charge is -2.10. The molecule has 1 aliphatic rings. The minimum Gasteiger partial charge on any atom is -0.166 e. The number of allylic oxidation sites excluding steroid dienone is 1. The van der Waals surface area contributed by atoms with Gasteiger partial charge in [0, 0.05) is 0 Å². The van der Waals surface area contributed by atoms with Gasteiger partial charge in [0.1, 0.15) is 0 Å². The van der Waals surface area contributed by atoms with Gasteiger partial charge < -0.3 is 0 Å². The van der Waals surface area contributed by atoms with E-state index in [0.29, 0.717) is 0 Å². The SMILES string of the molecule is FC(F)(F)c1ccc(-c2cccc3c2C=C(c2ccccc2)C3)cc1.